The van der Waals surface area contributed by atoms with E-state index in [1.807, 2.05) is 24.5 Å². The Hall–Kier alpha value is -1.36. The molecule has 2 nitrogen and oxygen atoms in total. The molecule has 0 aliphatic heterocycles. The minimum atomic E-state index is -0.466. The number of aromatic nitrogens is 2. The first kappa shape index (κ1) is 24.0. The summed E-state index contributed by atoms with van der Waals surface area (Å²) in [7, 11) is 6.77. The highest BCUT2D eigenvalue weighted by atomic mass is 31.0. The summed E-state index contributed by atoms with van der Waals surface area (Å²) in [6, 6.07) is 12.6. The predicted molar refractivity (Wildman–Crippen MR) is 152 cm³/mol. The molecule has 0 aromatic carbocycles. The molecule has 5 aliphatic rings. The van der Waals surface area contributed by atoms with Gasteiger partial charge in [-0.25, -0.2) is 0 Å². The third-order valence-electron chi connectivity index (χ3n) is 10.2. The number of pyridine rings is 2. The average Bonchev–Trinajstić information content (AvgIpc) is 3.33. The molecular weight excluding hydrogens is 462 g/mol. The highest BCUT2D eigenvalue weighted by molar-refractivity contribution is 7.20. The fourth-order valence-electron chi connectivity index (χ4n) is 9.08. The van der Waals surface area contributed by atoms with Gasteiger partial charge in [-0.05, 0) is 96.9 Å². The van der Waals surface area contributed by atoms with Crippen LogP contribution in [-0.2, 0) is 5.16 Å². The summed E-state index contributed by atoms with van der Waals surface area (Å²) in [5, 5.41) is -0.410. The van der Waals surface area contributed by atoms with Crippen molar-refractivity contribution in [3.63, 3.8) is 0 Å². The molecule has 0 radical (unpaired) electrons. The zero-order chi connectivity index (χ0) is 24.5. The second-order valence-electron chi connectivity index (χ2n) is 13.0. The smallest absolute Gasteiger partial charge is 0.0902 e. The Bertz CT molecular complexity index is 1070. The fraction of sp³-hybridized carbons (Fsp3) is 0.548. The van der Waals surface area contributed by atoms with E-state index in [-0.39, 0.29) is 10.6 Å². The van der Waals surface area contributed by atoms with E-state index in [0.717, 1.165) is 29.1 Å². The van der Waals surface area contributed by atoms with E-state index in [9.17, 15) is 0 Å². The lowest BCUT2D eigenvalue weighted by Crippen LogP contribution is -2.63. The second-order valence-corrected chi connectivity index (χ2v) is 14.8. The summed E-state index contributed by atoms with van der Waals surface area (Å²) >= 11 is 0. The van der Waals surface area contributed by atoms with Crippen LogP contribution in [0.25, 0.3) is 0 Å². The fourth-order valence-corrected chi connectivity index (χ4v) is 10.3. The van der Waals surface area contributed by atoms with Crippen LogP contribution < -0.4 is 0 Å². The standard InChI is InChI=1S/C31H40N2P2/c1-28(2,3)31(35,29-18-21-15-22(19-29)17-23(16-21)20-29)25-10-8-9-24(25)30(34,26-11-4-6-13-32-26)27-12-5-7-14-33-27/h4-14,21-23,25H,15-20,34-35H2,1-3H3. The maximum atomic E-state index is 4.91. The van der Waals surface area contributed by atoms with E-state index in [1.165, 1.54) is 44.1 Å². The van der Waals surface area contributed by atoms with Crippen molar-refractivity contribution < 1.29 is 0 Å². The Morgan fingerprint density at radius 2 is 1.31 bits per heavy atom. The van der Waals surface area contributed by atoms with Crippen molar-refractivity contribution in [1.29, 1.82) is 0 Å². The number of hydrogen-bond acceptors (Lipinski definition) is 2. The lowest BCUT2D eigenvalue weighted by molar-refractivity contribution is -0.106. The van der Waals surface area contributed by atoms with Crippen molar-refractivity contribution in [2.24, 2.45) is 34.5 Å². The summed E-state index contributed by atoms with van der Waals surface area (Å²) in [5.41, 5.74) is 4.01. The van der Waals surface area contributed by atoms with Gasteiger partial charge in [0.2, 0.25) is 0 Å². The largest absolute Gasteiger partial charge is 0.260 e. The molecule has 0 saturated heterocycles. The highest BCUT2D eigenvalue weighted by Gasteiger charge is 2.65. The van der Waals surface area contributed by atoms with Crippen LogP contribution in [-0.4, -0.2) is 15.1 Å². The quantitative estimate of drug-likeness (QED) is 0.394. The second kappa shape index (κ2) is 8.33. The number of nitrogens with zero attached hydrogens (tertiary/aromatic N) is 2. The molecule has 35 heavy (non-hydrogen) atoms. The van der Waals surface area contributed by atoms with Gasteiger partial charge in [0.1, 0.15) is 0 Å². The van der Waals surface area contributed by atoms with Crippen LogP contribution in [0, 0.1) is 34.5 Å². The van der Waals surface area contributed by atoms with Crippen molar-refractivity contribution in [2.45, 2.75) is 69.6 Å². The van der Waals surface area contributed by atoms with Gasteiger partial charge in [0.05, 0.1) is 16.5 Å². The summed E-state index contributed by atoms with van der Waals surface area (Å²) < 4.78 is 0. The van der Waals surface area contributed by atoms with Gasteiger partial charge in [-0.15, -0.1) is 18.5 Å². The molecule has 2 aromatic rings. The third-order valence-corrected chi connectivity index (χ3v) is 12.9. The number of hydrogen-bond donors (Lipinski definition) is 0. The molecule has 7 rings (SSSR count). The van der Waals surface area contributed by atoms with Crippen LogP contribution in [0.5, 0.6) is 0 Å². The summed E-state index contributed by atoms with van der Waals surface area (Å²) in [5.74, 6) is 3.08. The first-order valence-electron chi connectivity index (χ1n) is 13.5. The van der Waals surface area contributed by atoms with E-state index >= 15 is 0 Å². The summed E-state index contributed by atoms with van der Waals surface area (Å²) in [6.45, 7) is 7.48. The Labute approximate surface area is 216 Å². The molecule has 4 fully saturated rings. The maximum Gasteiger partial charge on any atom is 0.0902 e. The van der Waals surface area contributed by atoms with E-state index in [2.05, 4.69) is 81.7 Å². The van der Waals surface area contributed by atoms with Crippen LogP contribution >= 0.6 is 18.5 Å². The van der Waals surface area contributed by atoms with E-state index in [4.69, 9.17) is 9.97 Å². The molecule has 4 unspecified atom stereocenters. The van der Waals surface area contributed by atoms with E-state index in [1.54, 1.807) is 0 Å². The zero-order valence-corrected chi connectivity index (χ0v) is 23.8. The minimum absolute atomic E-state index is 0.0558. The first-order valence-corrected chi connectivity index (χ1v) is 14.6. The van der Waals surface area contributed by atoms with Crippen LogP contribution in [0.15, 0.2) is 72.6 Å². The summed E-state index contributed by atoms with van der Waals surface area (Å²) in [6.07, 6.45) is 19.7. The molecule has 2 aromatic heterocycles. The first-order chi connectivity index (χ1) is 16.7. The molecule has 5 aliphatic carbocycles. The van der Waals surface area contributed by atoms with Crippen molar-refractivity contribution in [1.82, 2.24) is 9.97 Å². The van der Waals surface area contributed by atoms with Crippen LogP contribution in [0.2, 0.25) is 0 Å². The minimum Gasteiger partial charge on any atom is -0.260 e. The van der Waals surface area contributed by atoms with Gasteiger partial charge in [0.25, 0.3) is 0 Å². The molecular formula is C31H40N2P2. The van der Waals surface area contributed by atoms with Gasteiger partial charge in [0.15, 0.2) is 0 Å². The van der Waals surface area contributed by atoms with Gasteiger partial charge in [-0.3, -0.25) is 9.97 Å². The summed E-state index contributed by atoms with van der Waals surface area (Å²) in [4.78, 5) is 9.81. The zero-order valence-electron chi connectivity index (χ0n) is 21.5. The molecule has 4 bridgehead atoms. The Morgan fingerprint density at radius 1 is 0.800 bits per heavy atom. The Balaban J connectivity index is 1.52. The van der Waals surface area contributed by atoms with Gasteiger partial charge < -0.3 is 0 Å². The molecule has 0 N–H and O–H groups in total. The Morgan fingerprint density at radius 3 is 1.74 bits per heavy atom. The third kappa shape index (κ3) is 3.49. The predicted octanol–water partition coefficient (Wildman–Crippen LogP) is 7.58. The monoisotopic (exact) mass is 502 g/mol. The molecule has 184 valence electrons. The molecule has 0 spiro atoms. The van der Waals surface area contributed by atoms with Crippen molar-refractivity contribution in [3.8, 4) is 0 Å². The number of rotatable bonds is 5. The van der Waals surface area contributed by atoms with Gasteiger partial charge in [-0.2, -0.15) is 0 Å². The van der Waals surface area contributed by atoms with Gasteiger partial charge in [-0.1, -0.05) is 51.1 Å². The highest BCUT2D eigenvalue weighted by Crippen LogP contribution is 2.72. The van der Waals surface area contributed by atoms with Crippen LogP contribution in [0.3, 0.4) is 0 Å². The van der Waals surface area contributed by atoms with Crippen LogP contribution in [0.4, 0.5) is 0 Å². The van der Waals surface area contributed by atoms with Gasteiger partial charge in [0, 0.05) is 23.5 Å². The lowest BCUT2D eigenvalue weighted by atomic mass is 9.41. The average molecular weight is 503 g/mol. The van der Waals surface area contributed by atoms with E-state index < -0.39 is 5.16 Å². The molecule has 4 saturated carbocycles. The maximum absolute atomic E-state index is 4.91. The normalized spacial score (nSPS) is 33.6. The lowest BCUT2D eigenvalue weighted by Gasteiger charge is -2.68. The SMILES string of the molecule is CC(C)(C)C(P)(C1C=CC=C1C(P)(c1ccccn1)c1ccccn1)C12CC3CC(CC(C3)C1)C2. The van der Waals surface area contributed by atoms with Crippen molar-refractivity contribution >= 4 is 18.5 Å². The molecule has 4 heteroatoms. The van der Waals surface area contributed by atoms with Crippen molar-refractivity contribution in [2.75, 3.05) is 0 Å². The molecule has 4 atom stereocenters. The van der Waals surface area contributed by atoms with Crippen LogP contribution in [0.1, 0.15) is 70.7 Å². The van der Waals surface area contributed by atoms with E-state index in [0.29, 0.717) is 11.3 Å². The number of allylic oxidation sites excluding steroid dienone is 4. The molecule has 2 heterocycles. The topological polar surface area (TPSA) is 25.8 Å². The van der Waals surface area contributed by atoms with Gasteiger partial charge >= 0.3 is 0 Å². The molecule has 0 amide bonds. The Kier molecular flexibility index (Phi) is 5.71. The van der Waals surface area contributed by atoms with Crippen molar-refractivity contribution in [3.05, 3.63) is 84.0 Å².